The molecular weight excluding hydrogens is 206 g/mol. The van der Waals surface area contributed by atoms with E-state index in [1.165, 1.54) is 0 Å². The number of nitrogens with one attached hydrogen (secondary N) is 1. The number of hydrogen-bond donors (Lipinski definition) is 2. The third-order valence-corrected chi connectivity index (χ3v) is 3.38. The maximum Gasteiger partial charge on any atom is 0.319 e. The van der Waals surface area contributed by atoms with Gasteiger partial charge in [0.15, 0.2) is 0 Å². The Morgan fingerprint density at radius 1 is 1.38 bits per heavy atom. The maximum atomic E-state index is 12.0. The number of carbonyl (C=O) groups excluding carboxylic acids is 1. The van der Waals surface area contributed by atoms with Gasteiger partial charge in [0.2, 0.25) is 5.91 Å². The fourth-order valence-corrected chi connectivity index (χ4v) is 2.18. The van der Waals surface area contributed by atoms with Crippen LogP contribution in [-0.4, -0.2) is 22.5 Å². The van der Waals surface area contributed by atoms with Crippen molar-refractivity contribution in [2.24, 2.45) is 5.41 Å². The third-order valence-electron chi connectivity index (χ3n) is 3.38. The smallest absolute Gasteiger partial charge is 0.319 e. The highest BCUT2D eigenvalue weighted by atomic mass is 16.4. The summed E-state index contributed by atoms with van der Waals surface area (Å²) in [6.07, 6.45) is 3.59. The summed E-state index contributed by atoms with van der Waals surface area (Å²) in [4.78, 5) is 23.1. The molecule has 0 spiro atoms. The molecule has 0 radical (unpaired) electrons. The normalized spacial score (nSPS) is 18.7. The van der Waals surface area contributed by atoms with Gasteiger partial charge in [-0.25, -0.2) is 0 Å². The number of amides is 1. The highest BCUT2D eigenvalue weighted by Gasteiger charge is 2.51. The molecule has 4 nitrogen and oxygen atoms in total. The van der Waals surface area contributed by atoms with Crippen molar-refractivity contribution in [1.82, 2.24) is 5.32 Å². The Balaban J connectivity index is 2.67. The van der Waals surface area contributed by atoms with E-state index >= 15 is 0 Å². The topological polar surface area (TPSA) is 66.4 Å². The lowest BCUT2D eigenvalue weighted by atomic mass is 9.67. The maximum absolute atomic E-state index is 12.0. The summed E-state index contributed by atoms with van der Waals surface area (Å²) < 4.78 is 0. The molecule has 1 fully saturated rings. The molecule has 0 heterocycles. The van der Waals surface area contributed by atoms with Gasteiger partial charge in [-0.15, -0.1) is 0 Å². The Kier molecular flexibility index (Phi) is 3.61. The average Bonchev–Trinajstić information content (AvgIpc) is 1.98. The van der Waals surface area contributed by atoms with Gasteiger partial charge in [-0.1, -0.05) is 19.8 Å². The predicted octanol–water partition coefficient (Wildman–Crippen LogP) is 1.94. The van der Waals surface area contributed by atoms with Crippen molar-refractivity contribution in [1.29, 1.82) is 0 Å². The zero-order valence-corrected chi connectivity index (χ0v) is 10.3. The van der Waals surface area contributed by atoms with Crippen LogP contribution in [0.5, 0.6) is 0 Å². The van der Waals surface area contributed by atoms with Gasteiger partial charge in [-0.05, 0) is 33.1 Å². The minimum Gasteiger partial charge on any atom is -0.480 e. The monoisotopic (exact) mass is 227 g/mol. The first-order valence-corrected chi connectivity index (χ1v) is 5.90. The van der Waals surface area contributed by atoms with Crippen molar-refractivity contribution < 1.29 is 14.7 Å². The SMILES string of the molecule is CCCC(C)(C)NC(=O)C1(C(=O)O)CCC1. The van der Waals surface area contributed by atoms with E-state index in [4.69, 9.17) is 5.11 Å². The molecule has 0 aromatic rings. The van der Waals surface area contributed by atoms with E-state index < -0.39 is 11.4 Å². The van der Waals surface area contributed by atoms with Crippen LogP contribution in [0.25, 0.3) is 0 Å². The molecule has 0 aromatic carbocycles. The zero-order valence-electron chi connectivity index (χ0n) is 10.3. The number of carboxylic acids is 1. The summed E-state index contributed by atoms with van der Waals surface area (Å²) in [7, 11) is 0. The van der Waals surface area contributed by atoms with E-state index in [9.17, 15) is 9.59 Å². The molecule has 1 aliphatic carbocycles. The summed E-state index contributed by atoms with van der Waals surface area (Å²) in [6.45, 7) is 5.91. The van der Waals surface area contributed by atoms with Gasteiger partial charge in [0.05, 0.1) is 0 Å². The molecule has 1 aliphatic rings. The molecule has 92 valence electrons. The summed E-state index contributed by atoms with van der Waals surface area (Å²) in [6, 6.07) is 0. The van der Waals surface area contributed by atoms with E-state index in [1.807, 2.05) is 20.8 Å². The largest absolute Gasteiger partial charge is 0.480 e. The van der Waals surface area contributed by atoms with Crippen molar-refractivity contribution in [3.8, 4) is 0 Å². The van der Waals surface area contributed by atoms with Crippen molar-refractivity contribution >= 4 is 11.9 Å². The standard InChI is InChI=1S/C12H21NO3/c1-4-6-11(2,3)13-9(14)12(10(15)16)7-5-8-12/h4-8H2,1-3H3,(H,13,14)(H,15,16). The lowest BCUT2D eigenvalue weighted by Crippen LogP contribution is -2.56. The highest BCUT2D eigenvalue weighted by Crippen LogP contribution is 2.41. The van der Waals surface area contributed by atoms with Crippen LogP contribution in [-0.2, 0) is 9.59 Å². The zero-order chi connectivity index (χ0) is 12.4. The van der Waals surface area contributed by atoms with Gasteiger partial charge in [0, 0.05) is 5.54 Å². The molecule has 2 N–H and O–H groups in total. The average molecular weight is 227 g/mol. The van der Waals surface area contributed by atoms with Crippen LogP contribution in [0.15, 0.2) is 0 Å². The van der Waals surface area contributed by atoms with Crippen LogP contribution in [0, 0.1) is 5.41 Å². The minimum absolute atomic E-state index is 0.315. The molecular formula is C12H21NO3. The molecule has 0 bridgehead atoms. The van der Waals surface area contributed by atoms with Crippen molar-refractivity contribution in [2.45, 2.75) is 58.4 Å². The number of carbonyl (C=O) groups is 2. The Morgan fingerprint density at radius 2 is 1.94 bits per heavy atom. The molecule has 4 heteroatoms. The Labute approximate surface area is 96.4 Å². The fourth-order valence-electron chi connectivity index (χ4n) is 2.18. The van der Waals surface area contributed by atoms with Crippen LogP contribution < -0.4 is 5.32 Å². The molecule has 1 rings (SSSR count). The Bertz CT molecular complexity index is 293. The van der Waals surface area contributed by atoms with Crippen molar-refractivity contribution in [3.63, 3.8) is 0 Å². The first-order chi connectivity index (χ1) is 7.34. The van der Waals surface area contributed by atoms with Crippen LogP contribution in [0.3, 0.4) is 0 Å². The van der Waals surface area contributed by atoms with Crippen LogP contribution >= 0.6 is 0 Å². The van der Waals surface area contributed by atoms with Gasteiger partial charge in [0.1, 0.15) is 5.41 Å². The molecule has 1 saturated carbocycles. The molecule has 16 heavy (non-hydrogen) atoms. The summed E-state index contributed by atoms with van der Waals surface area (Å²) in [5.41, 5.74) is -1.46. The van der Waals surface area contributed by atoms with E-state index in [0.29, 0.717) is 12.8 Å². The number of rotatable bonds is 5. The van der Waals surface area contributed by atoms with E-state index in [2.05, 4.69) is 5.32 Å². The second-order valence-corrected chi connectivity index (χ2v) is 5.33. The second kappa shape index (κ2) is 4.44. The van der Waals surface area contributed by atoms with Gasteiger partial charge in [0.25, 0.3) is 0 Å². The van der Waals surface area contributed by atoms with E-state index in [-0.39, 0.29) is 11.4 Å². The number of aliphatic carboxylic acids is 1. The fraction of sp³-hybridized carbons (Fsp3) is 0.833. The molecule has 0 aliphatic heterocycles. The third kappa shape index (κ3) is 2.36. The molecule has 0 unspecified atom stereocenters. The number of carboxylic acid groups (broad SMARTS) is 1. The summed E-state index contributed by atoms with van der Waals surface area (Å²) in [5.74, 6) is -1.30. The van der Waals surface area contributed by atoms with Crippen LogP contribution in [0.4, 0.5) is 0 Å². The Morgan fingerprint density at radius 3 is 2.25 bits per heavy atom. The van der Waals surface area contributed by atoms with E-state index in [0.717, 1.165) is 19.3 Å². The lowest BCUT2D eigenvalue weighted by molar-refractivity contribution is -0.162. The second-order valence-electron chi connectivity index (χ2n) is 5.33. The molecule has 0 saturated heterocycles. The van der Waals surface area contributed by atoms with E-state index in [1.54, 1.807) is 0 Å². The van der Waals surface area contributed by atoms with Gasteiger partial charge < -0.3 is 10.4 Å². The van der Waals surface area contributed by atoms with Crippen molar-refractivity contribution in [2.75, 3.05) is 0 Å². The Hall–Kier alpha value is -1.06. The van der Waals surface area contributed by atoms with Crippen LogP contribution in [0.2, 0.25) is 0 Å². The lowest BCUT2D eigenvalue weighted by Gasteiger charge is -2.39. The van der Waals surface area contributed by atoms with Crippen LogP contribution in [0.1, 0.15) is 52.9 Å². The summed E-state index contributed by atoms with van der Waals surface area (Å²) >= 11 is 0. The molecule has 0 aromatic heterocycles. The number of hydrogen-bond acceptors (Lipinski definition) is 2. The van der Waals surface area contributed by atoms with Crippen molar-refractivity contribution in [3.05, 3.63) is 0 Å². The van der Waals surface area contributed by atoms with Gasteiger partial charge >= 0.3 is 5.97 Å². The highest BCUT2D eigenvalue weighted by molar-refractivity contribution is 6.03. The first kappa shape index (κ1) is 13.0. The molecule has 0 atom stereocenters. The van der Waals surface area contributed by atoms with Gasteiger partial charge in [-0.2, -0.15) is 0 Å². The summed E-state index contributed by atoms with van der Waals surface area (Å²) in [5, 5.41) is 12.0. The minimum atomic E-state index is -1.15. The quantitative estimate of drug-likeness (QED) is 0.705. The molecule has 1 amide bonds. The first-order valence-electron chi connectivity index (χ1n) is 5.90. The van der Waals surface area contributed by atoms with Gasteiger partial charge in [-0.3, -0.25) is 9.59 Å². The predicted molar refractivity (Wildman–Crippen MR) is 61.0 cm³/mol.